The van der Waals surface area contributed by atoms with Crippen LogP contribution in [0.4, 0.5) is 10.5 Å². The molecule has 0 aliphatic carbocycles. The van der Waals surface area contributed by atoms with Crippen LogP contribution in [0.25, 0.3) is 0 Å². The molecule has 0 heterocycles. The molecule has 0 bridgehead atoms. The van der Waals surface area contributed by atoms with Gasteiger partial charge in [-0.2, -0.15) is 0 Å². The van der Waals surface area contributed by atoms with Gasteiger partial charge in [0, 0.05) is 12.6 Å². The number of para-hydroxylation sites is 1. The molecule has 0 aliphatic heterocycles. The summed E-state index contributed by atoms with van der Waals surface area (Å²) < 4.78 is 6.04. The van der Waals surface area contributed by atoms with Crippen molar-refractivity contribution in [1.29, 1.82) is 0 Å². The number of ether oxygens (including phenoxy) is 1. The third-order valence-electron chi connectivity index (χ3n) is 4.30. The number of benzene rings is 2. The highest BCUT2D eigenvalue weighted by Gasteiger charge is 2.14. The van der Waals surface area contributed by atoms with E-state index in [1.54, 1.807) is 7.05 Å². The molecule has 0 aliphatic rings. The van der Waals surface area contributed by atoms with Crippen molar-refractivity contribution in [3.05, 3.63) is 58.7 Å². The van der Waals surface area contributed by atoms with Crippen molar-refractivity contribution in [2.24, 2.45) is 0 Å². The Morgan fingerprint density at radius 2 is 1.96 bits per heavy atom. The second-order valence-corrected chi connectivity index (χ2v) is 6.48. The molecule has 2 N–H and O–H groups in total. The van der Waals surface area contributed by atoms with Crippen LogP contribution in [0.1, 0.15) is 48.9 Å². The predicted octanol–water partition coefficient (Wildman–Crippen LogP) is 5.01. The minimum Gasteiger partial charge on any atom is -0.489 e. The number of hydrogen-bond acceptors (Lipinski definition) is 2. The number of amides is 2. The number of carbonyl (C=O) groups is 1. The highest BCUT2D eigenvalue weighted by atomic mass is 16.5. The molecule has 2 aromatic carbocycles. The molecule has 2 rings (SSSR count). The quantitative estimate of drug-likeness (QED) is 0.776. The van der Waals surface area contributed by atoms with Crippen LogP contribution in [-0.2, 0) is 13.0 Å². The fourth-order valence-corrected chi connectivity index (χ4v) is 2.80. The number of anilines is 1. The van der Waals surface area contributed by atoms with Gasteiger partial charge in [-0.25, -0.2) is 4.79 Å². The van der Waals surface area contributed by atoms with Crippen molar-refractivity contribution >= 4 is 11.7 Å². The third kappa shape index (κ3) is 4.75. The standard InChI is InChI=1S/C21H28N2O2/c1-6-16-10-11-19(15(4)12-16)25-13-17-8-7-9-18(14(2)3)20(17)23-21(24)22-5/h7-12,14H,6,13H2,1-5H3,(H2,22,23,24). The summed E-state index contributed by atoms with van der Waals surface area (Å²) in [5.41, 5.74) is 5.32. The van der Waals surface area contributed by atoms with Gasteiger partial charge in [-0.1, -0.05) is 51.1 Å². The summed E-state index contributed by atoms with van der Waals surface area (Å²) >= 11 is 0. The van der Waals surface area contributed by atoms with Crippen LogP contribution in [0.3, 0.4) is 0 Å². The number of hydrogen-bond donors (Lipinski definition) is 2. The Balaban J connectivity index is 2.26. The molecule has 0 saturated carbocycles. The van der Waals surface area contributed by atoms with Gasteiger partial charge >= 0.3 is 6.03 Å². The van der Waals surface area contributed by atoms with Crippen LogP contribution < -0.4 is 15.4 Å². The molecule has 0 spiro atoms. The molecule has 4 nitrogen and oxygen atoms in total. The smallest absolute Gasteiger partial charge is 0.318 e. The largest absolute Gasteiger partial charge is 0.489 e. The van der Waals surface area contributed by atoms with Crippen molar-refractivity contribution in [1.82, 2.24) is 5.32 Å². The average Bonchev–Trinajstić information content (AvgIpc) is 2.60. The van der Waals surface area contributed by atoms with E-state index in [2.05, 4.69) is 50.5 Å². The van der Waals surface area contributed by atoms with E-state index in [4.69, 9.17) is 4.74 Å². The summed E-state index contributed by atoms with van der Waals surface area (Å²) in [4.78, 5) is 11.8. The molecule has 25 heavy (non-hydrogen) atoms. The highest BCUT2D eigenvalue weighted by Crippen LogP contribution is 2.29. The van der Waals surface area contributed by atoms with E-state index >= 15 is 0 Å². The van der Waals surface area contributed by atoms with E-state index in [1.807, 2.05) is 24.3 Å². The van der Waals surface area contributed by atoms with Crippen LogP contribution in [0.5, 0.6) is 5.75 Å². The molecule has 2 amide bonds. The average molecular weight is 340 g/mol. The van der Waals surface area contributed by atoms with E-state index in [-0.39, 0.29) is 6.03 Å². The Labute approximate surface area is 150 Å². The van der Waals surface area contributed by atoms with E-state index in [9.17, 15) is 4.79 Å². The van der Waals surface area contributed by atoms with E-state index < -0.39 is 0 Å². The number of carbonyl (C=O) groups excluding carboxylic acids is 1. The summed E-state index contributed by atoms with van der Waals surface area (Å²) in [5, 5.41) is 5.56. The minimum absolute atomic E-state index is 0.224. The van der Waals surface area contributed by atoms with Gasteiger partial charge in [0.2, 0.25) is 0 Å². The van der Waals surface area contributed by atoms with Gasteiger partial charge in [0.25, 0.3) is 0 Å². The van der Waals surface area contributed by atoms with Gasteiger partial charge in [-0.15, -0.1) is 0 Å². The van der Waals surface area contributed by atoms with Crippen molar-refractivity contribution in [3.63, 3.8) is 0 Å². The lowest BCUT2D eigenvalue weighted by atomic mass is 9.98. The van der Waals surface area contributed by atoms with Crippen LogP contribution in [0.15, 0.2) is 36.4 Å². The van der Waals surface area contributed by atoms with Crippen LogP contribution in [-0.4, -0.2) is 13.1 Å². The molecule has 134 valence electrons. The molecule has 0 saturated heterocycles. The van der Waals surface area contributed by atoms with Gasteiger partial charge in [-0.3, -0.25) is 0 Å². The molecular formula is C21H28N2O2. The Morgan fingerprint density at radius 3 is 2.56 bits per heavy atom. The Hall–Kier alpha value is -2.49. The molecule has 4 heteroatoms. The zero-order valence-corrected chi connectivity index (χ0v) is 15.8. The first-order valence-corrected chi connectivity index (χ1v) is 8.79. The van der Waals surface area contributed by atoms with E-state index in [0.717, 1.165) is 34.5 Å². The van der Waals surface area contributed by atoms with Crippen LogP contribution in [0.2, 0.25) is 0 Å². The number of urea groups is 1. The Morgan fingerprint density at radius 1 is 1.20 bits per heavy atom. The number of rotatable bonds is 6. The molecule has 2 aromatic rings. The lowest BCUT2D eigenvalue weighted by Crippen LogP contribution is -2.26. The highest BCUT2D eigenvalue weighted by molar-refractivity contribution is 5.91. The Kier molecular flexibility index (Phi) is 6.45. The van der Waals surface area contributed by atoms with Crippen molar-refractivity contribution in [2.75, 3.05) is 12.4 Å². The summed E-state index contributed by atoms with van der Waals surface area (Å²) in [7, 11) is 1.61. The van der Waals surface area contributed by atoms with E-state index in [0.29, 0.717) is 12.5 Å². The van der Waals surface area contributed by atoms with Gasteiger partial charge in [0.15, 0.2) is 0 Å². The second-order valence-electron chi connectivity index (χ2n) is 6.48. The summed E-state index contributed by atoms with van der Waals surface area (Å²) in [6.07, 6.45) is 1.01. The third-order valence-corrected chi connectivity index (χ3v) is 4.30. The van der Waals surface area contributed by atoms with Crippen molar-refractivity contribution < 1.29 is 9.53 Å². The van der Waals surface area contributed by atoms with Crippen molar-refractivity contribution in [3.8, 4) is 5.75 Å². The first kappa shape index (κ1) is 18.8. The van der Waals surface area contributed by atoms with Crippen LogP contribution >= 0.6 is 0 Å². The molecular weight excluding hydrogens is 312 g/mol. The maximum Gasteiger partial charge on any atom is 0.318 e. The number of aryl methyl sites for hydroxylation is 2. The molecule has 0 aromatic heterocycles. The topological polar surface area (TPSA) is 50.4 Å². The van der Waals surface area contributed by atoms with Crippen molar-refractivity contribution in [2.45, 2.75) is 46.6 Å². The lowest BCUT2D eigenvalue weighted by Gasteiger charge is -2.19. The summed E-state index contributed by atoms with van der Waals surface area (Å²) in [5.74, 6) is 1.18. The first-order chi connectivity index (χ1) is 12.0. The Bertz CT molecular complexity index is 739. The zero-order valence-electron chi connectivity index (χ0n) is 15.8. The predicted molar refractivity (Wildman–Crippen MR) is 103 cm³/mol. The molecule has 0 unspecified atom stereocenters. The lowest BCUT2D eigenvalue weighted by molar-refractivity contribution is 0.254. The normalized spacial score (nSPS) is 10.6. The first-order valence-electron chi connectivity index (χ1n) is 8.79. The monoisotopic (exact) mass is 340 g/mol. The van der Waals surface area contributed by atoms with Gasteiger partial charge in [-0.05, 0) is 42.0 Å². The minimum atomic E-state index is -0.224. The van der Waals surface area contributed by atoms with Crippen LogP contribution in [0, 0.1) is 6.92 Å². The molecule has 0 atom stereocenters. The maximum absolute atomic E-state index is 11.8. The summed E-state index contributed by atoms with van der Waals surface area (Å²) in [6.45, 7) is 8.84. The summed E-state index contributed by atoms with van der Waals surface area (Å²) in [6, 6.07) is 12.1. The number of nitrogens with one attached hydrogen (secondary N) is 2. The van der Waals surface area contributed by atoms with E-state index in [1.165, 1.54) is 5.56 Å². The zero-order chi connectivity index (χ0) is 18.4. The van der Waals surface area contributed by atoms with Gasteiger partial charge in [0.05, 0.1) is 5.69 Å². The fraction of sp³-hybridized carbons (Fsp3) is 0.381. The maximum atomic E-state index is 11.8. The van der Waals surface area contributed by atoms with Gasteiger partial charge < -0.3 is 15.4 Å². The second kappa shape index (κ2) is 8.56. The molecule has 0 fully saturated rings. The SMILES string of the molecule is CCc1ccc(OCc2cccc(C(C)C)c2NC(=O)NC)c(C)c1. The molecule has 0 radical (unpaired) electrons. The fourth-order valence-electron chi connectivity index (χ4n) is 2.80. The van der Waals surface area contributed by atoms with Gasteiger partial charge in [0.1, 0.15) is 12.4 Å².